The summed E-state index contributed by atoms with van der Waals surface area (Å²) in [4.78, 5) is 17.0. The summed E-state index contributed by atoms with van der Waals surface area (Å²) < 4.78 is 79.3. The second kappa shape index (κ2) is 6.50. The highest BCUT2D eigenvalue weighted by atomic mass is 32.2. The minimum atomic E-state index is -4.79. The van der Waals surface area contributed by atoms with Gasteiger partial charge in [-0.25, -0.2) is 12.8 Å². The Kier molecular flexibility index (Phi) is 4.48. The van der Waals surface area contributed by atoms with Gasteiger partial charge in [0.25, 0.3) is 0 Å². The number of alkyl halides is 3. The number of allylic oxidation sites excluding steroid dienone is 2. The molecule has 0 spiro atoms. The van der Waals surface area contributed by atoms with Gasteiger partial charge in [0.05, 0.1) is 27.8 Å². The second-order valence-electron chi connectivity index (χ2n) is 7.38. The van der Waals surface area contributed by atoms with Crippen LogP contribution in [0.15, 0.2) is 33.8 Å². The molecule has 1 aromatic carbocycles. The van der Waals surface area contributed by atoms with Gasteiger partial charge in [0.1, 0.15) is 11.6 Å². The molecule has 0 saturated heterocycles. The maximum Gasteiger partial charge on any atom is 0.416 e. The molecular formula is C19H17F4NO3S. The van der Waals surface area contributed by atoms with Crippen molar-refractivity contribution in [3.8, 4) is 0 Å². The number of Topliss-reactive ketones (excluding diaryl/α,β-unsaturated/α-hetero) is 1. The molecule has 150 valence electrons. The molecule has 2 aliphatic heterocycles. The van der Waals surface area contributed by atoms with Crippen molar-refractivity contribution >= 4 is 21.3 Å². The first kappa shape index (κ1) is 19.3. The van der Waals surface area contributed by atoms with Gasteiger partial charge in [0.15, 0.2) is 9.84 Å². The summed E-state index contributed by atoms with van der Waals surface area (Å²) in [5.41, 5.74) is -0.548. The fourth-order valence-electron chi connectivity index (χ4n) is 4.39. The summed E-state index contributed by atoms with van der Waals surface area (Å²) >= 11 is 0. The van der Waals surface area contributed by atoms with E-state index in [0.29, 0.717) is 43.2 Å². The van der Waals surface area contributed by atoms with Crippen LogP contribution in [0, 0.1) is 11.7 Å². The molecule has 28 heavy (non-hydrogen) atoms. The van der Waals surface area contributed by atoms with Crippen LogP contribution in [0.5, 0.6) is 0 Å². The predicted octanol–water partition coefficient (Wildman–Crippen LogP) is 4.17. The first-order valence-electron chi connectivity index (χ1n) is 9.01. The Labute approximate surface area is 159 Å². The van der Waals surface area contributed by atoms with E-state index >= 15 is 0 Å². The average Bonchev–Trinajstić information content (AvgIpc) is 2.59. The first-order chi connectivity index (χ1) is 13.1. The number of ketones is 1. The van der Waals surface area contributed by atoms with Crippen molar-refractivity contribution in [2.24, 2.45) is 10.9 Å². The molecule has 4 rings (SSSR count). The number of hydrogen-bond donors (Lipinski definition) is 0. The van der Waals surface area contributed by atoms with Gasteiger partial charge in [-0.3, -0.25) is 9.79 Å². The Hall–Kier alpha value is -2.03. The van der Waals surface area contributed by atoms with Gasteiger partial charge in [-0.1, -0.05) is 0 Å². The molecule has 0 N–H and O–H groups in total. The fraction of sp³-hybridized carbons (Fsp3) is 0.474. The van der Waals surface area contributed by atoms with Crippen LogP contribution in [0.2, 0.25) is 0 Å². The van der Waals surface area contributed by atoms with Gasteiger partial charge in [-0.15, -0.1) is 0 Å². The number of aliphatic imine (C=N–C) groups is 1. The summed E-state index contributed by atoms with van der Waals surface area (Å²) in [5, 5.41) is 0. The number of nitrogens with zero attached hydrogens (tertiary/aromatic N) is 1. The van der Waals surface area contributed by atoms with E-state index in [9.17, 15) is 30.8 Å². The van der Waals surface area contributed by atoms with Gasteiger partial charge in [-0.05, 0) is 49.4 Å². The van der Waals surface area contributed by atoms with Crippen LogP contribution < -0.4 is 0 Å². The van der Waals surface area contributed by atoms with Crippen LogP contribution >= 0.6 is 0 Å². The van der Waals surface area contributed by atoms with Gasteiger partial charge in [-0.2, -0.15) is 13.2 Å². The molecule has 1 saturated carbocycles. The summed E-state index contributed by atoms with van der Waals surface area (Å²) in [6.07, 6.45) is -2.82. The highest BCUT2D eigenvalue weighted by Crippen LogP contribution is 2.48. The van der Waals surface area contributed by atoms with Crippen LogP contribution in [0.4, 0.5) is 17.6 Å². The molecule has 0 aromatic heterocycles. The fourth-order valence-corrected chi connectivity index (χ4v) is 6.30. The SMILES string of the molecule is O=C1CCCC2=NC3=C(C(c4cc(F)cc(C(F)(F)F)c4)C12)S(=O)(=O)CCC3. The van der Waals surface area contributed by atoms with E-state index in [1.807, 2.05) is 0 Å². The zero-order valence-electron chi connectivity index (χ0n) is 14.7. The zero-order chi connectivity index (χ0) is 20.3. The average molecular weight is 415 g/mol. The Morgan fingerprint density at radius 2 is 1.75 bits per heavy atom. The van der Waals surface area contributed by atoms with Crippen LogP contribution in [0.3, 0.4) is 0 Å². The molecule has 0 amide bonds. The third-order valence-corrected chi connectivity index (χ3v) is 7.49. The molecule has 0 bridgehead atoms. The number of carbonyl (C=O) groups is 1. The number of sulfone groups is 1. The molecule has 1 fully saturated rings. The molecule has 2 heterocycles. The van der Waals surface area contributed by atoms with Gasteiger partial charge in [0.2, 0.25) is 0 Å². The van der Waals surface area contributed by atoms with E-state index in [-0.39, 0.29) is 28.4 Å². The maximum absolute atomic E-state index is 14.1. The predicted molar refractivity (Wildman–Crippen MR) is 94.0 cm³/mol. The van der Waals surface area contributed by atoms with E-state index in [4.69, 9.17) is 0 Å². The van der Waals surface area contributed by atoms with Crippen LogP contribution in [-0.2, 0) is 20.8 Å². The summed E-state index contributed by atoms with van der Waals surface area (Å²) in [6, 6.07) is 2.03. The minimum Gasteiger partial charge on any atom is -0.299 e. The van der Waals surface area contributed by atoms with Crippen LogP contribution in [0.25, 0.3) is 0 Å². The number of carbonyl (C=O) groups excluding carboxylic acids is 1. The molecule has 1 aliphatic carbocycles. The molecular weight excluding hydrogens is 398 g/mol. The lowest BCUT2D eigenvalue weighted by atomic mass is 9.72. The van der Waals surface area contributed by atoms with Crippen molar-refractivity contribution in [2.45, 2.75) is 44.2 Å². The van der Waals surface area contributed by atoms with E-state index in [0.717, 1.165) is 12.1 Å². The molecule has 2 unspecified atom stereocenters. The monoisotopic (exact) mass is 415 g/mol. The largest absolute Gasteiger partial charge is 0.416 e. The number of halogens is 4. The lowest BCUT2D eigenvalue weighted by molar-refractivity contribution is -0.137. The summed E-state index contributed by atoms with van der Waals surface area (Å²) in [6.45, 7) is 0. The molecule has 3 aliphatic rings. The molecule has 2 atom stereocenters. The Morgan fingerprint density at radius 1 is 1.00 bits per heavy atom. The Morgan fingerprint density at radius 3 is 2.46 bits per heavy atom. The lowest BCUT2D eigenvalue weighted by Gasteiger charge is -2.38. The number of hydrogen-bond acceptors (Lipinski definition) is 4. The maximum atomic E-state index is 14.1. The van der Waals surface area contributed by atoms with Crippen molar-refractivity contribution in [2.75, 3.05) is 5.75 Å². The van der Waals surface area contributed by atoms with Gasteiger partial charge >= 0.3 is 6.18 Å². The zero-order valence-corrected chi connectivity index (χ0v) is 15.5. The number of benzene rings is 1. The lowest BCUT2D eigenvalue weighted by Crippen LogP contribution is -2.40. The van der Waals surface area contributed by atoms with Crippen LogP contribution in [-0.4, -0.2) is 25.7 Å². The second-order valence-corrected chi connectivity index (χ2v) is 9.46. The standard InChI is InChI=1S/C19H17F4NO3S/c20-12-8-10(7-11(9-12)19(21,22)23)16-17-13(3-1-5-15(17)25)24-14-4-2-6-28(26,27)18(14)16/h7-9,16-17H,1-6H2. The van der Waals surface area contributed by atoms with Crippen molar-refractivity contribution in [3.05, 3.63) is 45.7 Å². The van der Waals surface area contributed by atoms with Crippen molar-refractivity contribution in [1.82, 2.24) is 0 Å². The normalized spacial score (nSPS) is 27.1. The Balaban J connectivity index is 1.97. The summed E-state index contributed by atoms with van der Waals surface area (Å²) in [7, 11) is -3.80. The smallest absolute Gasteiger partial charge is 0.299 e. The number of rotatable bonds is 1. The molecule has 0 radical (unpaired) electrons. The van der Waals surface area contributed by atoms with Crippen molar-refractivity contribution in [3.63, 3.8) is 0 Å². The van der Waals surface area contributed by atoms with Gasteiger partial charge < -0.3 is 0 Å². The van der Waals surface area contributed by atoms with Crippen molar-refractivity contribution < 1.29 is 30.8 Å². The molecule has 1 aromatic rings. The topological polar surface area (TPSA) is 63.6 Å². The quantitative estimate of drug-likeness (QED) is 0.647. The third-order valence-electron chi connectivity index (χ3n) is 5.51. The molecule has 4 nitrogen and oxygen atoms in total. The summed E-state index contributed by atoms with van der Waals surface area (Å²) in [5.74, 6) is -3.65. The molecule has 9 heteroatoms. The van der Waals surface area contributed by atoms with Crippen LogP contribution in [0.1, 0.15) is 49.1 Å². The highest BCUT2D eigenvalue weighted by Gasteiger charge is 2.47. The van der Waals surface area contributed by atoms with E-state index in [2.05, 4.69) is 4.99 Å². The highest BCUT2D eigenvalue weighted by molar-refractivity contribution is 7.95. The number of fused-ring (bicyclic) bond motifs is 1. The minimum absolute atomic E-state index is 0.110. The Bertz CT molecular complexity index is 1020. The van der Waals surface area contributed by atoms with E-state index in [1.165, 1.54) is 0 Å². The third kappa shape index (κ3) is 3.19. The van der Waals surface area contributed by atoms with Crippen molar-refractivity contribution in [1.29, 1.82) is 0 Å². The first-order valence-corrected chi connectivity index (χ1v) is 10.7. The van der Waals surface area contributed by atoms with E-state index in [1.54, 1.807) is 0 Å². The van der Waals surface area contributed by atoms with E-state index < -0.39 is 39.2 Å². The van der Waals surface area contributed by atoms with Gasteiger partial charge in [0, 0.05) is 18.1 Å².